The number of aliphatic hydroxyl groups excluding tert-OH is 1. The molecule has 1 aromatic heterocycles. The first-order valence-corrected chi connectivity index (χ1v) is 13.2. The molecule has 1 aliphatic heterocycles. The molecule has 15 heteroatoms. The van der Waals surface area contributed by atoms with Crippen LogP contribution in [0.5, 0.6) is 5.75 Å². The van der Waals surface area contributed by atoms with Crippen molar-refractivity contribution < 1.29 is 37.4 Å². The van der Waals surface area contributed by atoms with Crippen LogP contribution in [-0.2, 0) is 23.4 Å². The van der Waals surface area contributed by atoms with Crippen LogP contribution in [0.4, 0.5) is 10.2 Å². The molecule has 2 aromatic rings. The second kappa shape index (κ2) is 11.5. The highest BCUT2D eigenvalue weighted by Crippen LogP contribution is 2.48. The van der Waals surface area contributed by atoms with E-state index in [1.807, 2.05) is 0 Å². The molecule has 0 bridgehead atoms. The predicted molar refractivity (Wildman–Crippen MR) is 131 cm³/mol. The summed E-state index contributed by atoms with van der Waals surface area (Å²) in [7, 11) is -4.27. The number of anilines is 1. The van der Waals surface area contributed by atoms with E-state index in [1.165, 1.54) is 26.0 Å². The lowest BCUT2D eigenvalue weighted by Crippen LogP contribution is -2.42. The Morgan fingerprint density at radius 2 is 2.03 bits per heavy atom. The van der Waals surface area contributed by atoms with Gasteiger partial charge in [-0.15, -0.1) is 11.6 Å². The minimum absolute atomic E-state index is 0.172. The Hall–Kier alpha value is -2.54. The summed E-state index contributed by atoms with van der Waals surface area (Å²) in [5, 5.41) is 13.3. The SMILES string of the molecule is CC(C)OC(=O)[C@@H](C)N[P@@](=O)(OC[C@H]1OC(n2cc(F)c(N)nc2=O)[C@](C)(Cl)[C@@H]1O)Oc1ccccc1. The molecule has 1 aliphatic rings. The number of benzene rings is 1. The molecule has 4 N–H and O–H groups in total. The third kappa shape index (κ3) is 6.86. The number of para-hydroxylation sites is 1. The Balaban J connectivity index is 1.81. The van der Waals surface area contributed by atoms with Crippen molar-refractivity contribution in [2.24, 2.45) is 0 Å². The zero-order valence-corrected chi connectivity index (χ0v) is 22.2. The molecule has 1 saturated heterocycles. The zero-order valence-electron chi connectivity index (χ0n) is 20.5. The summed E-state index contributed by atoms with van der Waals surface area (Å²) < 4.78 is 50.3. The van der Waals surface area contributed by atoms with E-state index in [0.29, 0.717) is 0 Å². The average Bonchev–Trinajstić information content (AvgIpc) is 3.03. The second-order valence-electron chi connectivity index (χ2n) is 8.82. The van der Waals surface area contributed by atoms with Crippen LogP contribution in [0, 0.1) is 5.82 Å². The number of nitrogens with two attached hydrogens (primary N) is 1. The Kier molecular flexibility index (Phi) is 8.99. The molecular weight excluding hydrogens is 534 g/mol. The number of esters is 1. The van der Waals surface area contributed by atoms with Crippen LogP contribution in [-0.4, -0.2) is 56.5 Å². The highest BCUT2D eigenvalue weighted by Gasteiger charge is 2.54. The Bertz CT molecular complexity index is 1210. The van der Waals surface area contributed by atoms with Crippen molar-refractivity contribution in [1.29, 1.82) is 0 Å². The van der Waals surface area contributed by atoms with Crippen molar-refractivity contribution in [3.05, 3.63) is 52.8 Å². The molecule has 204 valence electrons. The molecule has 1 aromatic carbocycles. The number of hydrogen-bond acceptors (Lipinski definition) is 10. The first-order chi connectivity index (χ1) is 17.2. The molecule has 6 atom stereocenters. The highest BCUT2D eigenvalue weighted by molar-refractivity contribution is 7.52. The summed E-state index contributed by atoms with van der Waals surface area (Å²) >= 11 is 6.48. The topological polar surface area (TPSA) is 164 Å². The molecule has 0 radical (unpaired) electrons. The van der Waals surface area contributed by atoms with Crippen molar-refractivity contribution in [3.63, 3.8) is 0 Å². The second-order valence-corrected chi connectivity index (χ2v) is 11.3. The Labute approximate surface area is 217 Å². The minimum atomic E-state index is -4.27. The lowest BCUT2D eigenvalue weighted by molar-refractivity contribution is -0.149. The number of nitrogens with one attached hydrogen (secondary N) is 1. The highest BCUT2D eigenvalue weighted by atomic mass is 35.5. The molecule has 0 saturated carbocycles. The van der Waals surface area contributed by atoms with Gasteiger partial charge in [-0.1, -0.05) is 18.2 Å². The van der Waals surface area contributed by atoms with Gasteiger partial charge in [0, 0.05) is 0 Å². The fourth-order valence-corrected chi connectivity index (χ4v) is 5.28. The number of rotatable bonds is 10. The zero-order chi connectivity index (χ0) is 27.5. The monoisotopic (exact) mass is 562 g/mol. The third-order valence-electron chi connectivity index (χ3n) is 5.34. The fourth-order valence-electron chi connectivity index (χ4n) is 3.48. The van der Waals surface area contributed by atoms with Gasteiger partial charge in [-0.3, -0.25) is 13.9 Å². The maximum absolute atomic E-state index is 14.0. The number of alkyl halides is 1. The first-order valence-electron chi connectivity index (χ1n) is 11.3. The van der Waals surface area contributed by atoms with E-state index in [9.17, 15) is 23.7 Å². The van der Waals surface area contributed by atoms with Gasteiger partial charge in [0.15, 0.2) is 17.9 Å². The van der Waals surface area contributed by atoms with Gasteiger partial charge in [-0.25, -0.2) is 13.8 Å². The average molecular weight is 563 g/mol. The number of aliphatic hydroxyl groups is 1. The van der Waals surface area contributed by atoms with Gasteiger partial charge in [0.2, 0.25) is 0 Å². The molecule has 37 heavy (non-hydrogen) atoms. The van der Waals surface area contributed by atoms with Gasteiger partial charge in [0.25, 0.3) is 0 Å². The quantitative estimate of drug-likeness (QED) is 0.221. The van der Waals surface area contributed by atoms with E-state index in [1.54, 1.807) is 32.0 Å². The van der Waals surface area contributed by atoms with Crippen molar-refractivity contribution in [2.75, 3.05) is 12.3 Å². The van der Waals surface area contributed by atoms with Crippen molar-refractivity contribution in [1.82, 2.24) is 14.6 Å². The summed E-state index contributed by atoms with van der Waals surface area (Å²) in [4.78, 5) is 26.3. The molecule has 2 heterocycles. The van der Waals surface area contributed by atoms with Crippen LogP contribution >= 0.6 is 19.3 Å². The smallest absolute Gasteiger partial charge is 0.459 e. The lowest BCUT2D eigenvalue weighted by Gasteiger charge is -2.26. The van der Waals surface area contributed by atoms with Crippen LogP contribution in [0.1, 0.15) is 33.9 Å². The van der Waals surface area contributed by atoms with E-state index in [-0.39, 0.29) is 5.75 Å². The van der Waals surface area contributed by atoms with E-state index in [0.717, 1.165) is 10.8 Å². The van der Waals surface area contributed by atoms with E-state index < -0.39 is 73.1 Å². The van der Waals surface area contributed by atoms with Crippen molar-refractivity contribution in [2.45, 2.75) is 63.2 Å². The van der Waals surface area contributed by atoms with Crippen LogP contribution in [0.25, 0.3) is 0 Å². The first kappa shape index (κ1) is 29.0. The number of carbonyl (C=O) groups excluding carboxylic acids is 1. The summed E-state index contributed by atoms with van der Waals surface area (Å²) in [5.74, 6) is -2.12. The number of halogens is 2. The van der Waals surface area contributed by atoms with Crippen LogP contribution in [0.2, 0.25) is 0 Å². The molecule has 0 amide bonds. The van der Waals surface area contributed by atoms with E-state index in [4.69, 9.17) is 35.9 Å². The number of carbonyl (C=O) groups is 1. The van der Waals surface area contributed by atoms with Gasteiger partial charge >= 0.3 is 19.4 Å². The van der Waals surface area contributed by atoms with Crippen LogP contribution < -0.4 is 21.0 Å². The Morgan fingerprint density at radius 3 is 2.65 bits per heavy atom. The van der Waals surface area contributed by atoms with Gasteiger partial charge in [-0.2, -0.15) is 10.1 Å². The maximum Gasteiger partial charge on any atom is 0.459 e. The lowest BCUT2D eigenvalue weighted by atomic mass is 10.0. The number of hydrogen-bond donors (Lipinski definition) is 3. The minimum Gasteiger partial charge on any atom is -0.462 e. The summed E-state index contributed by atoms with van der Waals surface area (Å²) in [6.45, 7) is 5.55. The van der Waals surface area contributed by atoms with Gasteiger partial charge < -0.3 is 24.8 Å². The van der Waals surface area contributed by atoms with Crippen molar-refractivity contribution >= 4 is 31.1 Å². The number of nitrogens with zero attached hydrogens (tertiary/aromatic N) is 2. The summed E-state index contributed by atoms with van der Waals surface area (Å²) in [6, 6.07) is 6.95. The fraction of sp³-hybridized carbons (Fsp3) is 0.500. The molecule has 3 rings (SSSR count). The largest absolute Gasteiger partial charge is 0.462 e. The van der Waals surface area contributed by atoms with Crippen LogP contribution in [0.15, 0.2) is 41.3 Å². The molecule has 1 fully saturated rings. The van der Waals surface area contributed by atoms with E-state index >= 15 is 0 Å². The number of ether oxygens (including phenoxy) is 2. The third-order valence-corrected chi connectivity index (χ3v) is 7.39. The molecular formula is C22H29ClFN4O8P. The molecule has 0 aliphatic carbocycles. The summed E-state index contributed by atoms with van der Waals surface area (Å²) in [5.41, 5.74) is 4.37. The van der Waals surface area contributed by atoms with Crippen molar-refractivity contribution in [3.8, 4) is 5.75 Å². The van der Waals surface area contributed by atoms with Crippen LogP contribution in [0.3, 0.4) is 0 Å². The molecule has 12 nitrogen and oxygen atoms in total. The number of nitrogen functional groups attached to an aromatic ring is 1. The molecule has 0 spiro atoms. The van der Waals surface area contributed by atoms with Gasteiger partial charge in [0.1, 0.15) is 28.9 Å². The molecule has 1 unspecified atom stereocenters. The number of aromatic nitrogens is 2. The normalized spacial score (nSPS) is 26.0. The van der Waals surface area contributed by atoms with E-state index in [2.05, 4.69) is 10.1 Å². The summed E-state index contributed by atoms with van der Waals surface area (Å²) in [6.07, 6.45) is -3.75. The predicted octanol–water partition coefficient (Wildman–Crippen LogP) is 2.35. The van der Waals surface area contributed by atoms with Gasteiger partial charge in [0.05, 0.1) is 18.9 Å². The Morgan fingerprint density at radius 1 is 1.38 bits per heavy atom. The standard InChI is InChI=1S/C22H29ClFN4O8P/c1-12(2)34-19(30)13(3)27-37(32,36-14-8-6-5-7-9-14)33-11-16-17(29)22(4,23)20(35-16)28-10-15(24)18(25)26-21(28)31/h5-10,12-13,16-17,20,29H,11H2,1-4H3,(H,27,32)(H2,25,26,31)/t13-,16-,17-,20?,22-,37-/m1/s1. The maximum atomic E-state index is 14.0. The van der Waals surface area contributed by atoms with Gasteiger partial charge in [-0.05, 0) is 39.8 Å².